The van der Waals surface area contributed by atoms with Crippen LogP contribution >= 0.6 is 0 Å². The highest BCUT2D eigenvalue weighted by Crippen LogP contribution is 2.37. The molecule has 1 saturated carbocycles. The van der Waals surface area contributed by atoms with Crippen molar-refractivity contribution in [2.45, 2.75) is 76.3 Å². The Kier molecular flexibility index (Phi) is 15.3. The summed E-state index contributed by atoms with van der Waals surface area (Å²) in [5.74, 6) is 0.148. The maximum atomic E-state index is 14.4. The summed E-state index contributed by atoms with van der Waals surface area (Å²) in [5, 5.41) is 20.7. The van der Waals surface area contributed by atoms with Crippen LogP contribution < -0.4 is 4.74 Å². The molecule has 0 amide bonds. The zero-order chi connectivity index (χ0) is 31.7. The van der Waals surface area contributed by atoms with E-state index in [4.69, 9.17) is 31.8 Å². The summed E-state index contributed by atoms with van der Waals surface area (Å²) >= 11 is 0. The molecule has 43 heavy (non-hydrogen) atoms. The number of carbonyl (C=O) groups excluding carboxylic acids is 2. The van der Waals surface area contributed by atoms with Crippen LogP contribution in [-0.2, 0) is 19.0 Å². The van der Waals surface area contributed by atoms with Gasteiger partial charge in [0, 0.05) is 44.4 Å². The number of hydrogen-bond donors (Lipinski definition) is 2. The number of esters is 1. The van der Waals surface area contributed by atoms with Crippen LogP contribution in [-0.4, -0.2) is 60.0 Å². The van der Waals surface area contributed by atoms with Gasteiger partial charge in [-0.1, -0.05) is 36.4 Å². The number of aliphatic hydroxyl groups is 2. The highest BCUT2D eigenvalue weighted by Gasteiger charge is 2.40. The molecule has 1 fully saturated rings. The third kappa shape index (κ3) is 13.8. The van der Waals surface area contributed by atoms with E-state index in [9.17, 15) is 28.6 Å². The Hall–Kier alpha value is -3.86. The van der Waals surface area contributed by atoms with Gasteiger partial charge in [-0.15, -0.1) is 24.7 Å². The zero-order valence-corrected chi connectivity index (χ0v) is 24.3. The second-order valence-corrected chi connectivity index (χ2v) is 10.4. The Labute approximate surface area is 252 Å². The molecule has 1 unspecified atom stereocenters. The summed E-state index contributed by atoms with van der Waals surface area (Å²) in [6.45, 7) is 0.531. The largest absolute Gasteiger partial charge is 0.511 e. The lowest BCUT2D eigenvalue weighted by Crippen LogP contribution is -2.25. The predicted octanol–water partition coefficient (Wildman–Crippen LogP) is 5.44. The Bertz CT molecular complexity index is 1120. The molecular weight excluding hydrogens is 562 g/mol. The van der Waals surface area contributed by atoms with Crippen LogP contribution in [0.15, 0.2) is 54.6 Å². The third-order valence-corrected chi connectivity index (χ3v) is 6.79. The van der Waals surface area contributed by atoms with E-state index in [1.165, 1.54) is 13.0 Å². The number of allylic oxidation sites excluding steroid dienone is 2. The average Bonchev–Trinajstić information content (AvgIpc) is 3.23. The minimum atomic E-state index is -3.26. The molecule has 8 nitrogen and oxygen atoms in total. The van der Waals surface area contributed by atoms with Gasteiger partial charge in [0.1, 0.15) is 5.75 Å². The number of carbonyl (C=O) groups is 2. The van der Waals surface area contributed by atoms with Crippen LogP contribution in [0.5, 0.6) is 5.75 Å². The minimum Gasteiger partial charge on any atom is -0.487 e. The number of aliphatic hydroxyl groups excluding tert-OH is 2. The molecule has 234 valence electrons. The van der Waals surface area contributed by atoms with Gasteiger partial charge in [0.2, 0.25) is 6.29 Å². The summed E-state index contributed by atoms with van der Waals surface area (Å²) in [6.07, 6.45) is 14.4. The van der Waals surface area contributed by atoms with Crippen molar-refractivity contribution in [3.63, 3.8) is 0 Å². The molecule has 5 atom stereocenters. The quantitative estimate of drug-likeness (QED) is 0.0798. The molecule has 0 spiro atoms. The predicted molar refractivity (Wildman–Crippen MR) is 156 cm³/mol. The van der Waals surface area contributed by atoms with Crippen molar-refractivity contribution in [2.75, 3.05) is 13.2 Å². The fourth-order valence-corrected chi connectivity index (χ4v) is 4.59. The van der Waals surface area contributed by atoms with Gasteiger partial charge < -0.3 is 29.2 Å². The highest BCUT2D eigenvalue weighted by atomic mass is 19.3. The molecule has 2 rings (SSSR count). The topological polar surface area (TPSA) is 112 Å². The van der Waals surface area contributed by atoms with E-state index in [-0.39, 0.29) is 25.4 Å². The first-order valence-electron chi connectivity index (χ1n) is 14.2. The fraction of sp³-hybridized carbons (Fsp3) is 0.515. The Morgan fingerprint density at radius 2 is 1.79 bits per heavy atom. The van der Waals surface area contributed by atoms with Crippen molar-refractivity contribution >= 4 is 12.1 Å². The fourth-order valence-electron chi connectivity index (χ4n) is 4.59. The lowest BCUT2D eigenvalue weighted by Gasteiger charge is -2.20. The highest BCUT2D eigenvalue weighted by molar-refractivity contribution is 5.69. The maximum absolute atomic E-state index is 14.4. The van der Waals surface area contributed by atoms with E-state index in [2.05, 4.69) is 11.8 Å². The summed E-state index contributed by atoms with van der Waals surface area (Å²) in [4.78, 5) is 23.9. The first-order chi connectivity index (χ1) is 20.5. The SMILES string of the molecule is C#CCC(CC#C)COC(=O)OC(C)OC(=O)CCC/C=C\C[C@@H]1[C@@H](/C=C/C(F)(F)COc2ccccc2)[C@H](O)C[C@@H]1O. The Morgan fingerprint density at radius 3 is 2.47 bits per heavy atom. The van der Waals surface area contributed by atoms with Gasteiger partial charge >= 0.3 is 12.1 Å². The molecule has 0 bridgehead atoms. The molecule has 1 aromatic carbocycles. The third-order valence-electron chi connectivity index (χ3n) is 6.79. The van der Waals surface area contributed by atoms with Crippen LogP contribution in [0.3, 0.4) is 0 Å². The van der Waals surface area contributed by atoms with Crippen molar-refractivity contribution in [3.05, 3.63) is 54.6 Å². The van der Waals surface area contributed by atoms with E-state index >= 15 is 0 Å². The van der Waals surface area contributed by atoms with E-state index in [1.54, 1.807) is 36.4 Å². The lowest BCUT2D eigenvalue weighted by atomic mass is 9.89. The number of rotatable bonds is 17. The number of alkyl halides is 2. The van der Waals surface area contributed by atoms with Crippen LogP contribution in [0.4, 0.5) is 13.6 Å². The first-order valence-corrected chi connectivity index (χ1v) is 14.2. The van der Waals surface area contributed by atoms with Crippen molar-refractivity contribution < 1.29 is 47.5 Å². The van der Waals surface area contributed by atoms with E-state index in [1.807, 2.05) is 6.08 Å². The molecule has 10 heteroatoms. The molecule has 0 saturated heterocycles. The number of halogens is 2. The molecular formula is C33H40F2O8. The van der Waals surface area contributed by atoms with Crippen molar-refractivity contribution in [3.8, 4) is 30.4 Å². The molecule has 1 aromatic rings. The van der Waals surface area contributed by atoms with Crippen LogP contribution in [0, 0.1) is 42.4 Å². The Morgan fingerprint density at radius 1 is 1.09 bits per heavy atom. The van der Waals surface area contributed by atoms with Crippen molar-refractivity contribution in [2.24, 2.45) is 17.8 Å². The zero-order valence-electron chi connectivity index (χ0n) is 24.3. The first kappa shape index (κ1) is 35.3. The average molecular weight is 603 g/mol. The smallest absolute Gasteiger partial charge is 0.487 e. The van der Waals surface area contributed by atoms with Gasteiger partial charge in [-0.25, -0.2) is 4.79 Å². The standard InChI is InChI=1S/C33H40F2O8/c1-4-13-25(14-5-2)22-40-32(39)43-24(3)42-31(38)18-12-7-6-11-17-27-28(30(37)21-29(27)36)19-20-33(34,35)23-41-26-15-9-8-10-16-26/h1-2,6,8-11,15-16,19-20,24-25,27-30,36-37H,7,12-14,17-18,21-23H2,3H3/b11-6-,20-19+/t24?,27-,28-,29+,30-/m1/s1. The second kappa shape index (κ2) is 18.6. The molecule has 1 aliphatic carbocycles. The van der Waals surface area contributed by atoms with E-state index < -0.39 is 55.0 Å². The number of para-hydroxylation sites is 1. The van der Waals surface area contributed by atoms with Crippen molar-refractivity contribution in [1.29, 1.82) is 0 Å². The Balaban J connectivity index is 1.70. The second-order valence-electron chi connectivity index (χ2n) is 10.4. The summed E-state index contributed by atoms with van der Waals surface area (Å²) in [7, 11) is 0. The molecule has 0 radical (unpaired) electrons. The molecule has 1 aliphatic rings. The van der Waals surface area contributed by atoms with E-state index in [0.29, 0.717) is 37.9 Å². The normalized spacial score (nSPS) is 20.9. The van der Waals surface area contributed by atoms with Gasteiger partial charge in [-0.05, 0) is 43.4 Å². The van der Waals surface area contributed by atoms with Gasteiger partial charge in [0.05, 0.1) is 18.8 Å². The monoisotopic (exact) mass is 602 g/mol. The maximum Gasteiger partial charge on any atom is 0.511 e. The summed E-state index contributed by atoms with van der Waals surface area (Å²) in [5.41, 5.74) is 0. The summed E-state index contributed by atoms with van der Waals surface area (Å²) < 4.78 is 48.9. The number of benzene rings is 1. The minimum absolute atomic E-state index is 0.00961. The van der Waals surface area contributed by atoms with Crippen LogP contribution in [0.25, 0.3) is 0 Å². The van der Waals surface area contributed by atoms with E-state index in [0.717, 1.165) is 6.08 Å². The molecule has 0 aromatic heterocycles. The number of terminal acetylenes is 2. The molecule has 2 N–H and O–H groups in total. The van der Waals surface area contributed by atoms with Crippen LogP contribution in [0.2, 0.25) is 0 Å². The van der Waals surface area contributed by atoms with Gasteiger partial charge in [-0.2, -0.15) is 8.78 Å². The lowest BCUT2D eigenvalue weighted by molar-refractivity contribution is -0.168. The van der Waals surface area contributed by atoms with Gasteiger partial charge in [0.25, 0.3) is 5.92 Å². The van der Waals surface area contributed by atoms with Gasteiger partial charge in [0.15, 0.2) is 6.61 Å². The van der Waals surface area contributed by atoms with Gasteiger partial charge in [-0.3, -0.25) is 4.79 Å². The van der Waals surface area contributed by atoms with Crippen LogP contribution in [0.1, 0.15) is 51.9 Å². The summed E-state index contributed by atoms with van der Waals surface area (Å²) in [6, 6.07) is 8.28. The van der Waals surface area contributed by atoms with Crippen molar-refractivity contribution in [1.82, 2.24) is 0 Å². The number of hydrogen-bond acceptors (Lipinski definition) is 8. The number of unbranched alkanes of at least 4 members (excludes halogenated alkanes) is 1. The number of ether oxygens (including phenoxy) is 4. The molecule has 0 heterocycles. The molecule has 0 aliphatic heterocycles.